The third-order valence-corrected chi connectivity index (χ3v) is 6.85. The SMILES string of the molecule is Cc1cc(C)cc(NC(=O)Cn2cnc3nc(N4CCC(C(=O)NC(C)C)CC4)sc3c2=O)c1. The summed E-state index contributed by atoms with van der Waals surface area (Å²) >= 11 is 1.29. The lowest BCUT2D eigenvalue weighted by Gasteiger charge is -2.31. The molecular weight excluding hydrogens is 452 g/mol. The van der Waals surface area contributed by atoms with Crippen molar-refractivity contribution in [3.05, 3.63) is 46.0 Å². The Morgan fingerprint density at radius 2 is 1.82 bits per heavy atom. The average Bonchev–Trinajstić information content (AvgIpc) is 3.20. The van der Waals surface area contributed by atoms with E-state index < -0.39 is 0 Å². The molecule has 1 aliphatic rings. The number of benzene rings is 1. The predicted molar refractivity (Wildman–Crippen MR) is 134 cm³/mol. The summed E-state index contributed by atoms with van der Waals surface area (Å²) in [6.07, 6.45) is 2.85. The van der Waals surface area contributed by atoms with E-state index >= 15 is 0 Å². The highest BCUT2D eigenvalue weighted by Gasteiger charge is 2.27. The van der Waals surface area contributed by atoms with Crippen LogP contribution in [0.15, 0.2) is 29.3 Å². The van der Waals surface area contributed by atoms with Crippen LogP contribution in [0, 0.1) is 19.8 Å². The molecule has 1 aliphatic heterocycles. The van der Waals surface area contributed by atoms with E-state index in [1.54, 1.807) is 0 Å². The van der Waals surface area contributed by atoms with E-state index in [-0.39, 0.29) is 35.9 Å². The number of aryl methyl sites for hydroxylation is 2. The van der Waals surface area contributed by atoms with Crippen LogP contribution in [0.4, 0.5) is 10.8 Å². The second-order valence-corrected chi connectivity index (χ2v) is 10.2. The largest absolute Gasteiger partial charge is 0.354 e. The van der Waals surface area contributed by atoms with Crippen LogP contribution in [0.2, 0.25) is 0 Å². The first-order valence-corrected chi connectivity index (χ1v) is 12.3. The predicted octanol–water partition coefficient (Wildman–Crippen LogP) is 2.85. The molecule has 1 fully saturated rings. The molecule has 3 heterocycles. The van der Waals surface area contributed by atoms with Gasteiger partial charge in [0, 0.05) is 30.7 Å². The van der Waals surface area contributed by atoms with Gasteiger partial charge in [-0.05, 0) is 63.8 Å². The number of aromatic nitrogens is 3. The first kappa shape index (κ1) is 23.9. The van der Waals surface area contributed by atoms with Gasteiger partial charge in [0.25, 0.3) is 5.56 Å². The number of carbonyl (C=O) groups excluding carboxylic acids is 2. The molecule has 10 heteroatoms. The highest BCUT2D eigenvalue weighted by Crippen LogP contribution is 2.29. The standard InChI is InChI=1S/C24H30N6O3S/c1-14(2)26-22(32)17-5-7-29(8-6-17)24-28-21-20(34-24)23(33)30(13-25-21)12-19(31)27-18-10-15(3)9-16(4)11-18/h9-11,13-14,17H,5-8,12H2,1-4H3,(H,26,32)(H,27,31). The van der Waals surface area contributed by atoms with E-state index in [2.05, 4.69) is 25.5 Å². The van der Waals surface area contributed by atoms with Gasteiger partial charge in [-0.2, -0.15) is 4.98 Å². The van der Waals surface area contributed by atoms with Crippen LogP contribution in [0.5, 0.6) is 0 Å². The van der Waals surface area contributed by atoms with Crippen LogP contribution in [0.25, 0.3) is 10.3 Å². The molecular formula is C24H30N6O3S. The van der Waals surface area contributed by atoms with Gasteiger partial charge in [0.2, 0.25) is 11.8 Å². The zero-order valence-electron chi connectivity index (χ0n) is 19.9. The molecule has 1 aromatic carbocycles. The minimum absolute atomic E-state index is 0.000849. The minimum Gasteiger partial charge on any atom is -0.354 e. The summed E-state index contributed by atoms with van der Waals surface area (Å²) in [5.41, 5.74) is 2.91. The number of fused-ring (bicyclic) bond motifs is 1. The Bertz CT molecular complexity index is 1250. The van der Waals surface area contributed by atoms with E-state index in [0.29, 0.717) is 29.1 Å². The first-order chi connectivity index (χ1) is 16.2. The number of amides is 2. The Hall–Kier alpha value is -3.27. The van der Waals surface area contributed by atoms with Crippen molar-refractivity contribution in [1.82, 2.24) is 19.9 Å². The number of nitrogens with zero attached hydrogens (tertiary/aromatic N) is 4. The molecule has 3 aromatic rings. The molecule has 0 saturated carbocycles. The fourth-order valence-corrected chi connectivity index (χ4v) is 5.24. The average molecular weight is 483 g/mol. The van der Waals surface area contributed by atoms with Crippen LogP contribution >= 0.6 is 11.3 Å². The molecule has 0 radical (unpaired) electrons. The summed E-state index contributed by atoms with van der Waals surface area (Å²) in [6, 6.07) is 5.94. The Kier molecular flexibility index (Phi) is 6.97. The van der Waals surface area contributed by atoms with Gasteiger partial charge < -0.3 is 15.5 Å². The Morgan fingerprint density at radius 3 is 2.47 bits per heavy atom. The van der Waals surface area contributed by atoms with Crippen LogP contribution < -0.4 is 21.1 Å². The maximum atomic E-state index is 13.0. The van der Waals surface area contributed by atoms with Crippen LogP contribution in [-0.4, -0.2) is 45.5 Å². The van der Waals surface area contributed by atoms with Gasteiger partial charge >= 0.3 is 0 Å². The molecule has 0 unspecified atom stereocenters. The molecule has 0 aliphatic carbocycles. The highest BCUT2D eigenvalue weighted by atomic mass is 32.1. The number of thiazole rings is 1. The maximum Gasteiger partial charge on any atom is 0.273 e. The van der Waals surface area contributed by atoms with Crippen molar-refractivity contribution in [1.29, 1.82) is 0 Å². The van der Waals surface area contributed by atoms with Crippen molar-refractivity contribution in [2.45, 2.75) is 53.1 Å². The lowest BCUT2D eigenvalue weighted by Crippen LogP contribution is -2.42. The number of piperidine rings is 1. The molecule has 180 valence electrons. The highest BCUT2D eigenvalue weighted by molar-refractivity contribution is 7.22. The Morgan fingerprint density at radius 1 is 1.15 bits per heavy atom. The topological polar surface area (TPSA) is 109 Å². The quantitative estimate of drug-likeness (QED) is 0.559. The van der Waals surface area contributed by atoms with Crippen LogP contribution in [-0.2, 0) is 16.1 Å². The van der Waals surface area contributed by atoms with Gasteiger partial charge in [0.05, 0.1) is 0 Å². The summed E-state index contributed by atoms with van der Waals surface area (Å²) in [4.78, 5) is 48.8. The van der Waals surface area contributed by atoms with E-state index in [1.165, 1.54) is 22.2 Å². The molecule has 4 rings (SSSR count). The van der Waals surface area contributed by atoms with E-state index in [9.17, 15) is 14.4 Å². The molecule has 9 nitrogen and oxygen atoms in total. The fraction of sp³-hybridized carbons (Fsp3) is 0.458. The van der Waals surface area contributed by atoms with Crippen LogP contribution in [0.1, 0.15) is 37.8 Å². The summed E-state index contributed by atoms with van der Waals surface area (Å²) < 4.78 is 1.74. The summed E-state index contributed by atoms with van der Waals surface area (Å²) in [5, 5.41) is 6.55. The van der Waals surface area contributed by atoms with Crippen molar-refractivity contribution in [2.24, 2.45) is 5.92 Å². The van der Waals surface area contributed by atoms with E-state index in [0.717, 1.165) is 29.1 Å². The summed E-state index contributed by atoms with van der Waals surface area (Å²) in [5.74, 6) is -0.193. The number of nitrogens with one attached hydrogen (secondary N) is 2. The van der Waals surface area contributed by atoms with Crippen molar-refractivity contribution < 1.29 is 9.59 Å². The van der Waals surface area contributed by atoms with Gasteiger partial charge in [-0.1, -0.05) is 17.4 Å². The second kappa shape index (κ2) is 9.92. The van der Waals surface area contributed by atoms with Gasteiger partial charge in [0.15, 0.2) is 10.8 Å². The van der Waals surface area contributed by atoms with Crippen molar-refractivity contribution >= 4 is 44.3 Å². The number of carbonyl (C=O) groups is 2. The Balaban J connectivity index is 1.44. The number of rotatable bonds is 6. The summed E-state index contributed by atoms with van der Waals surface area (Å²) in [7, 11) is 0. The van der Waals surface area contributed by atoms with Crippen LogP contribution in [0.3, 0.4) is 0 Å². The van der Waals surface area contributed by atoms with E-state index in [4.69, 9.17) is 0 Å². The van der Waals surface area contributed by atoms with Gasteiger partial charge in [0.1, 0.15) is 17.6 Å². The lowest BCUT2D eigenvalue weighted by atomic mass is 9.96. The summed E-state index contributed by atoms with van der Waals surface area (Å²) in [6.45, 7) is 9.12. The third-order valence-electron chi connectivity index (χ3n) is 5.76. The second-order valence-electron chi connectivity index (χ2n) is 9.18. The molecule has 2 N–H and O–H groups in total. The smallest absolute Gasteiger partial charge is 0.273 e. The minimum atomic E-state index is -0.292. The zero-order valence-corrected chi connectivity index (χ0v) is 20.7. The molecule has 1 saturated heterocycles. The van der Waals surface area contributed by atoms with Crippen molar-refractivity contribution in [2.75, 3.05) is 23.3 Å². The molecule has 34 heavy (non-hydrogen) atoms. The molecule has 0 atom stereocenters. The normalized spacial score (nSPS) is 14.6. The van der Waals surface area contributed by atoms with Gasteiger partial charge in [-0.3, -0.25) is 19.0 Å². The first-order valence-electron chi connectivity index (χ1n) is 11.5. The zero-order chi connectivity index (χ0) is 24.4. The molecule has 2 aromatic heterocycles. The van der Waals surface area contributed by atoms with Gasteiger partial charge in [-0.25, -0.2) is 4.98 Å². The van der Waals surface area contributed by atoms with Crippen molar-refractivity contribution in [3.63, 3.8) is 0 Å². The Labute approximate surface area is 202 Å². The molecule has 0 spiro atoms. The number of anilines is 2. The number of hydrogen-bond acceptors (Lipinski definition) is 7. The number of hydrogen-bond donors (Lipinski definition) is 2. The fourth-order valence-electron chi connectivity index (χ4n) is 4.22. The molecule has 0 bridgehead atoms. The van der Waals surface area contributed by atoms with Gasteiger partial charge in [-0.15, -0.1) is 0 Å². The molecule has 2 amide bonds. The van der Waals surface area contributed by atoms with E-state index in [1.807, 2.05) is 45.9 Å². The van der Waals surface area contributed by atoms with Crippen molar-refractivity contribution in [3.8, 4) is 0 Å². The third kappa shape index (κ3) is 5.44. The monoisotopic (exact) mass is 482 g/mol. The maximum absolute atomic E-state index is 13.0. The lowest BCUT2D eigenvalue weighted by molar-refractivity contribution is -0.126.